The minimum Gasteiger partial charge on any atom is -0.374 e. The van der Waals surface area contributed by atoms with Gasteiger partial charge in [0.1, 0.15) is 0 Å². The first-order chi connectivity index (χ1) is 8.20. The van der Waals surface area contributed by atoms with Crippen LogP contribution in [0.15, 0.2) is 24.3 Å². The highest BCUT2D eigenvalue weighted by atomic mass is 16.5. The van der Waals surface area contributed by atoms with Gasteiger partial charge in [0.2, 0.25) is 0 Å². The largest absolute Gasteiger partial charge is 0.374 e. The Labute approximate surface area is 103 Å². The number of Topliss-reactive ketones (excluding diaryl/α,β-unsaturated/α-hetero) is 1. The molecular formula is C15H20O2. The molecule has 0 spiro atoms. The molecule has 1 aliphatic rings. The van der Waals surface area contributed by atoms with Crippen LogP contribution in [0.5, 0.6) is 0 Å². The van der Waals surface area contributed by atoms with Crippen molar-refractivity contribution in [2.24, 2.45) is 5.92 Å². The lowest BCUT2D eigenvalue weighted by molar-refractivity contribution is 0.0144. The van der Waals surface area contributed by atoms with E-state index in [1.54, 1.807) is 0 Å². The fourth-order valence-electron chi connectivity index (χ4n) is 2.30. The predicted octanol–water partition coefficient (Wildman–Crippen LogP) is 3.77. The van der Waals surface area contributed by atoms with Gasteiger partial charge in [-0.05, 0) is 24.8 Å². The van der Waals surface area contributed by atoms with Gasteiger partial charge in [-0.1, -0.05) is 38.1 Å². The van der Waals surface area contributed by atoms with Crippen LogP contribution >= 0.6 is 0 Å². The van der Waals surface area contributed by atoms with Crippen LogP contribution in [0.4, 0.5) is 0 Å². The van der Waals surface area contributed by atoms with Gasteiger partial charge in [-0.3, -0.25) is 4.79 Å². The van der Waals surface area contributed by atoms with Gasteiger partial charge in [0.25, 0.3) is 0 Å². The minimum atomic E-state index is 0.0414. The van der Waals surface area contributed by atoms with E-state index in [4.69, 9.17) is 4.74 Å². The number of hydrogen-bond acceptors (Lipinski definition) is 2. The molecule has 0 radical (unpaired) electrons. The Morgan fingerprint density at radius 3 is 2.71 bits per heavy atom. The van der Waals surface area contributed by atoms with Crippen LogP contribution in [0.2, 0.25) is 0 Å². The zero-order valence-corrected chi connectivity index (χ0v) is 10.6. The van der Waals surface area contributed by atoms with Gasteiger partial charge in [0, 0.05) is 18.1 Å². The number of rotatable bonds is 3. The van der Waals surface area contributed by atoms with Crippen LogP contribution in [-0.4, -0.2) is 12.4 Å². The van der Waals surface area contributed by atoms with E-state index < -0.39 is 0 Å². The Hall–Kier alpha value is -1.15. The van der Waals surface area contributed by atoms with Gasteiger partial charge < -0.3 is 4.74 Å². The van der Waals surface area contributed by atoms with Crippen LogP contribution in [0.1, 0.15) is 55.1 Å². The van der Waals surface area contributed by atoms with E-state index in [1.165, 1.54) is 6.42 Å². The predicted molar refractivity (Wildman–Crippen MR) is 68.2 cm³/mol. The number of benzene rings is 1. The SMILES string of the molecule is CC(C)C(=O)c1ccccc1C1CCCCO1. The average molecular weight is 232 g/mol. The molecule has 1 fully saturated rings. The zero-order valence-electron chi connectivity index (χ0n) is 10.6. The summed E-state index contributed by atoms with van der Waals surface area (Å²) in [5, 5.41) is 0. The second-order valence-electron chi connectivity index (χ2n) is 4.96. The molecular weight excluding hydrogens is 212 g/mol. The highest BCUT2D eigenvalue weighted by Gasteiger charge is 2.22. The van der Waals surface area contributed by atoms with E-state index in [0.717, 1.165) is 30.6 Å². The maximum Gasteiger partial charge on any atom is 0.165 e. The Bertz CT molecular complexity index is 390. The van der Waals surface area contributed by atoms with Gasteiger partial charge in [0.15, 0.2) is 5.78 Å². The molecule has 0 saturated carbocycles. The molecule has 1 atom stereocenters. The number of hydrogen-bond donors (Lipinski definition) is 0. The summed E-state index contributed by atoms with van der Waals surface area (Å²) in [6, 6.07) is 7.88. The van der Waals surface area contributed by atoms with E-state index in [2.05, 4.69) is 0 Å². The lowest BCUT2D eigenvalue weighted by Gasteiger charge is -2.25. The third kappa shape index (κ3) is 2.75. The van der Waals surface area contributed by atoms with Crippen molar-refractivity contribution >= 4 is 5.78 Å². The molecule has 2 rings (SSSR count). The second-order valence-corrected chi connectivity index (χ2v) is 4.96. The zero-order chi connectivity index (χ0) is 12.3. The van der Waals surface area contributed by atoms with Crippen LogP contribution in [-0.2, 0) is 4.74 Å². The Morgan fingerprint density at radius 1 is 1.29 bits per heavy atom. The number of ketones is 1. The van der Waals surface area contributed by atoms with Crippen molar-refractivity contribution in [1.29, 1.82) is 0 Å². The molecule has 1 saturated heterocycles. The molecule has 92 valence electrons. The molecule has 17 heavy (non-hydrogen) atoms. The highest BCUT2D eigenvalue weighted by Crippen LogP contribution is 2.30. The van der Waals surface area contributed by atoms with Crippen molar-refractivity contribution in [2.75, 3.05) is 6.61 Å². The molecule has 0 aromatic heterocycles. The molecule has 0 N–H and O–H groups in total. The third-order valence-electron chi connectivity index (χ3n) is 3.28. The first kappa shape index (κ1) is 12.3. The Morgan fingerprint density at radius 2 is 2.06 bits per heavy atom. The summed E-state index contributed by atoms with van der Waals surface area (Å²) in [6.45, 7) is 4.70. The lowest BCUT2D eigenvalue weighted by Crippen LogP contribution is -2.17. The molecule has 2 nitrogen and oxygen atoms in total. The average Bonchev–Trinajstić information content (AvgIpc) is 2.39. The highest BCUT2D eigenvalue weighted by molar-refractivity contribution is 5.98. The number of carbonyl (C=O) groups excluding carboxylic acids is 1. The molecule has 1 unspecified atom stereocenters. The molecule has 1 aromatic carbocycles. The van der Waals surface area contributed by atoms with Gasteiger partial charge >= 0.3 is 0 Å². The molecule has 0 amide bonds. The van der Waals surface area contributed by atoms with Crippen molar-refractivity contribution in [3.63, 3.8) is 0 Å². The lowest BCUT2D eigenvalue weighted by atomic mass is 9.91. The van der Waals surface area contributed by atoms with Crippen molar-refractivity contribution in [3.8, 4) is 0 Å². The van der Waals surface area contributed by atoms with Crippen molar-refractivity contribution in [3.05, 3.63) is 35.4 Å². The van der Waals surface area contributed by atoms with Crippen molar-refractivity contribution < 1.29 is 9.53 Å². The van der Waals surface area contributed by atoms with E-state index in [9.17, 15) is 4.79 Å². The molecule has 0 bridgehead atoms. The van der Waals surface area contributed by atoms with E-state index >= 15 is 0 Å². The normalized spacial score (nSPS) is 20.5. The standard InChI is InChI=1S/C15H20O2/c1-11(2)15(16)13-8-4-3-7-12(13)14-9-5-6-10-17-14/h3-4,7-8,11,14H,5-6,9-10H2,1-2H3. The number of carbonyl (C=O) groups is 1. The second kappa shape index (κ2) is 5.46. The first-order valence-corrected chi connectivity index (χ1v) is 6.45. The van der Waals surface area contributed by atoms with Crippen LogP contribution in [0, 0.1) is 5.92 Å². The minimum absolute atomic E-state index is 0.0414. The summed E-state index contributed by atoms with van der Waals surface area (Å²) < 4.78 is 5.78. The van der Waals surface area contributed by atoms with Gasteiger partial charge in [-0.2, -0.15) is 0 Å². The fourth-order valence-corrected chi connectivity index (χ4v) is 2.30. The summed E-state index contributed by atoms with van der Waals surface area (Å²) in [5.41, 5.74) is 1.92. The summed E-state index contributed by atoms with van der Waals surface area (Å²) in [7, 11) is 0. The topological polar surface area (TPSA) is 26.3 Å². The van der Waals surface area contributed by atoms with Crippen LogP contribution in [0.3, 0.4) is 0 Å². The summed E-state index contributed by atoms with van der Waals surface area (Å²) >= 11 is 0. The van der Waals surface area contributed by atoms with Crippen LogP contribution in [0.25, 0.3) is 0 Å². The monoisotopic (exact) mass is 232 g/mol. The quantitative estimate of drug-likeness (QED) is 0.741. The summed E-state index contributed by atoms with van der Waals surface area (Å²) in [4.78, 5) is 12.2. The smallest absolute Gasteiger partial charge is 0.165 e. The molecule has 2 heteroatoms. The molecule has 0 aliphatic carbocycles. The van der Waals surface area contributed by atoms with Gasteiger partial charge in [-0.15, -0.1) is 0 Å². The molecule has 1 heterocycles. The first-order valence-electron chi connectivity index (χ1n) is 6.45. The van der Waals surface area contributed by atoms with E-state index in [0.29, 0.717) is 0 Å². The third-order valence-corrected chi connectivity index (χ3v) is 3.28. The van der Waals surface area contributed by atoms with E-state index in [1.807, 2.05) is 38.1 Å². The van der Waals surface area contributed by atoms with Crippen molar-refractivity contribution in [2.45, 2.75) is 39.2 Å². The maximum absolute atomic E-state index is 12.2. The van der Waals surface area contributed by atoms with Crippen LogP contribution < -0.4 is 0 Å². The van der Waals surface area contributed by atoms with Gasteiger partial charge in [0.05, 0.1) is 6.10 Å². The van der Waals surface area contributed by atoms with E-state index in [-0.39, 0.29) is 17.8 Å². The van der Waals surface area contributed by atoms with Crippen molar-refractivity contribution in [1.82, 2.24) is 0 Å². The Balaban J connectivity index is 2.29. The summed E-state index contributed by atoms with van der Waals surface area (Å²) in [6.07, 6.45) is 3.47. The fraction of sp³-hybridized carbons (Fsp3) is 0.533. The maximum atomic E-state index is 12.2. The Kier molecular flexibility index (Phi) is 3.95. The van der Waals surface area contributed by atoms with Gasteiger partial charge in [-0.25, -0.2) is 0 Å². The number of ether oxygens (including phenoxy) is 1. The molecule has 1 aromatic rings. The summed E-state index contributed by atoms with van der Waals surface area (Å²) in [5.74, 6) is 0.259. The molecule has 1 aliphatic heterocycles.